The highest BCUT2D eigenvalue weighted by Crippen LogP contribution is 2.51. The van der Waals surface area contributed by atoms with Gasteiger partial charge in [-0.25, -0.2) is 0 Å². The third-order valence-electron chi connectivity index (χ3n) is 6.66. The largest absolute Gasteiger partial charge is 0.378 e. The van der Waals surface area contributed by atoms with Crippen molar-refractivity contribution in [1.29, 1.82) is 0 Å². The van der Waals surface area contributed by atoms with Crippen LogP contribution in [0.4, 0.5) is 0 Å². The summed E-state index contributed by atoms with van der Waals surface area (Å²) in [7, 11) is 3.76. The topological polar surface area (TPSA) is 18.5 Å². The molecule has 0 aromatic heterocycles. The summed E-state index contributed by atoms with van der Waals surface area (Å²) in [5, 5.41) is 0. The standard InChI is InChI=1S/C22H46O2/c1-9-13-15-17-19(5)21(6,18-16-14-10-2)22(12-4,24-8)20(11-3)23-7/h19-20H,9-18H2,1-8H3. The molecule has 4 atom stereocenters. The van der Waals surface area contributed by atoms with Gasteiger partial charge in [0.15, 0.2) is 0 Å². The second-order valence-corrected chi connectivity index (χ2v) is 7.85. The zero-order valence-electron chi connectivity index (χ0n) is 18.0. The van der Waals surface area contributed by atoms with E-state index in [0.29, 0.717) is 5.92 Å². The summed E-state index contributed by atoms with van der Waals surface area (Å²) in [5.41, 5.74) is -0.0496. The Hall–Kier alpha value is -0.0800. The average molecular weight is 343 g/mol. The van der Waals surface area contributed by atoms with E-state index in [0.717, 1.165) is 12.8 Å². The Kier molecular flexibility index (Phi) is 12.3. The van der Waals surface area contributed by atoms with Gasteiger partial charge in [0.1, 0.15) is 0 Å². The predicted octanol–water partition coefficient (Wildman–Crippen LogP) is 7.01. The van der Waals surface area contributed by atoms with Gasteiger partial charge in [0.2, 0.25) is 0 Å². The summed E-state index contributed by atoms with van der Waals surface area (Å²) >= 11 is 0. The number of hydrogen-bond donors (Lipinski definition) is 0. The van der Waals surface area contributed by atoms with Crippen molar-refractivity contribution in [2.24, 2.45) is 11.3 Å². The van der Waals surface area contributed by atoms with Gasteiger partial charge in [0.05, 0.1) is 11.7 Å². The summed E-state index contributed by atoms with van der Waals surface area (Å²) in [6, 6.07) is 0. The average Bonchev–Trinajstić information content (AvgIpc) is 2.59. The molecule has 0 bridgehead atoms. The Bertz CT molecular complexity index is 294. The summed E-state index contributed by atoms with van der Waals surface area (Å²) in [6.45, 7) is 14.0. The van der Waals surface area contributed by atoms with E-state index < -0.39 is 0 Å². The van der Waals surface area contributed by atoms with Gasteiger partial charge in [-0.2, -0.15) is 0 Å². The molecule has 24 heavy (non-hydrogen) atoms. The predicted molar refractivity (Wildman–Crippen MR) is 107 cm³/mol. The van der Waals surface area contributed by atoms with Crippen molar-refractivity contribution in [3.05, 3.63) is 0 Å². The molecule has 4 unspecified atom stereocenters. The SMILES string of the molecule is CCCCCC(C)C(C)(CCCCC)C(CC)(OC)C(CC)OC. The molecule has 0 aromatic rings. The van der Waals surface area contributed by atoms with Gasteiger partial charge in [0, 0.05) is 19.6 Å². The maximum Gasteiger partial charge on any atom is 0.0991 e. The smallest absolute Gasteiger partial charge is 0.0991 e. The molecule has 0 aliphatic carbocycles. The fourth-order valence-electron chi connectivity index (χ4n) is 4.83. The van der Waals surface area contributed by atoms with Crippen molar-refractivity contribution in [3.63, 3.8) is 0 Å². The number of methoxy groups -OCH3 is 2. The molecular weight excluding hydrogens is 296 g/mol. The molecule has 0 aliphatic rings. The summed E-state index contributed by atoms with van der Waals surface area (Å²) < 4.78 is 12.3. The van der Waals surface area contributed by atoms with Gasteiger partial charge in [-0.3, -0.25) is 0 Å². The van der Waals surface area contributed by atoms with Crippen molar-refractivity contribution >= 4 is 0 Å². The molecule has 0 radical (unpaired) electrons. The molecule has 2 nitrogen and oxygen atoms in total. The Morgan fingerprint density at radius 1 is 0.875 bits per heavy atom. The van der Waals surface area contributed by atoms with E-state index in [1.807, 2.05) is 14.2 Å². The van der Waals surface area contributed by atoms with Crippen LogP contribution in [0.15, 0.2) is 0 Å². The van der Waals surface area contributed by atoms with Gasteiger partial charge in [-0.15, -0.1) is 0 Å². The van der Waals surface area contributed by atoms with E-state index in [1.165, 1.54) is 51.4 Å². The molecule has 0 aromatic carbocycles. The summed E-state index contributed by atoms with van der Waals surface area (Å²) in [4.78, 5) is 0. The summed E-state index contributed by atoms with van der Waals surface area (Å²) in [5.74, 6) is 0.644. The second kappa shape index (κ2) is 12.3. The van der Waals surface area contributed by atoms with Gasteiger partial charge in [0.25, 0.3) is 0 Å². The highest BCUT2D eigenvalue weighted by Gasteiger charge is 2.54. The molecule has 0 N–H and O–H groups in total. The van der Waals surface area contributed by atoms with E-state index in [2.05, 4.69) is 41.5 Å². The lowest BCUT2D eigenvalue weighted by atomic mass is 9.58. The van der Waals surface area contributed by atoms with Crippen molar-refractivity contribution in [1.82, 2.24) is 0 Å². The maximum absolute atomic E-state index is 6.33. The molecule has 2 heteroatoms. The maximum atomic E-state index is 6.33. The molecule has 0 amide bonds. The van der Waals surface area contributed by atoms with Crippen molar-refractivity contribution < 1.29 is 9.47 Å². The monoisotopic (exact) mass is 342 g/mol. The quantitative estimate of drug-likeness (QED) is 0.298. The zero-order chi connectivity index (χ0) is 18.6. The molecule has 146 valence electrons. The van der Waals surface area contributed by atoms with Crippen molar-refractivity contribution in [2.45, 2.75) is 117 Å². The molecule has 0 heterocycles. The van der Waals surface area contributed by atoms with Crippen LogP contribution in [0, 0.1) is 11.3 Å². The number of unbranched alkanes of at least 4 members (excludes halogenated alkanes) is 4. The van der Waals surface area contributed by atoms with Gasteiger partial charge in [-0.05, 0) is 25.2 Å². The third kappa shape index (κ3) is 5.46. The lowest BCUT2D eigenvalue weighted by molar-refractivity contribution is -0.206. The normalized spacial score (nSPS) is 19.5. The van der Waals surface area contributed by atoms with Crippen LogP contribution in [0.25, 0.3) is 0 Å². The first-order chi connectivity index (χ1) is 11.4. The minimum absolute atomic E-state index is 0.149. The summed E-state index contributed by atoms with van der Waals surface area (Å²) in [6.07, 6.45) is 12.5. The van der Waals surface area contributed by atoms with Gasteiger partial charge in [-0.1, -0.05) is 86.5 Å². The molecule has 0 rings (SSSR count). The van der Waals surface area contributed by atoms with E-state index in [1.54, 1.807) is 0 Å². The first-order valence-corrected chi connectivity index (χ1v) is 10.5. The van der Waals surface area contributed by atoms with Gasteiger partial charge >= 0.3 is 0 Å². The fourth-order valence-corrected chi connectivity index (χ4v) is 4.83. The molecule has 0 fully saturated rings. The first-order valence-electron chi connectivity index (χ1n) is 10.5. The molecule has 0 aliphatic heterocycles. The number of hydrogen-bond acceptors (Lipinski definition) is 2. The first kappa shape index (κ1) is 23.9. The lowest BCUT2D eigenvalue weighted by Crippen LogP contribution is -2.59. The molecule has 0 spiro atoms. The van der Waals surface area contributed by atoms with Crippen LogP contribution in [0.2, 0.25) is 0 Å². The van der Waals surface area contributed by atoms with Crippen LogP contribution >= 0.6 is 0 Å². The van der Waals surface area contributed by atoms with Crippen LogP contribution in [0.5, 0.6) is 0 Å². The molecule has 0 saturated heterocycles. The van der Waals surface area contributed by atoms with Crippen LogP contribution < -0.4 is 0 Å². The van der Waals surface area contributed by atoms with Crippen LogP contribution in [0.3, 0.4) is 0 Å². The van der Waals surface area contributed by atoms with E-state index >= 15 is 0 Å². The minimum atomic E-state index is -0.199. The Balaban J connectivity index is 5.64. The minimum Gasteiger partial charge on any atom is -0.378 e. The molecular formula is C22H46O2. The van der Waals surface area contributed by atoms with Crippen molar-refractivity contribution in [2.75, 3.05) is 14.2 Å². The molecule has 0 saturated carbocycles. The second-order valence-electron chi connectivity index (χ2n) is 7.85. The van der Waals surface area contributed by atoms with Crippen molar-refractivity contribution in [3.8, 4) is 0 Å². The lowest BCUT2D eigenvalue weighted by Gasteiger charge is -2.54. The Morgan fingerprint density at radius 3 is 1.88 bits per heavy atom. The zero-order valence-corrected chi connectivity index (χ0v) is 18.0. The van der Waals surface area contributed by atoms with Crippen LogP contribution in [-0.2, 0) is 9.47 Å². The van der Waals surface area contributed by atoms with Crippen LogP contribution in [-0.4, -0.2) is 25.9 Å². The number of ether oxygens (including phenoxy) is 2. The van der Waals surface area contributed by atoms with E-state index in [-0.39, 0.29) is 17.1 Å². The highest BCUT2D eigenvalue weighted by atomic mass is 16.5. The van der Waals surface area contributed by atoms with Gasteiger partial charge < -0.3 is 9.47 Å². The third-order valence-corrected chi connectivity index (χ3v) is 6.66. The number of rotatable bonds is 15. The fraction of sp³-hybridized carbons (Fsp3) is 1.00. The Labute approximate surface area is 153 Å². The van der Waals surface area contributed by atoms with E-state index in [9.17, 15) is 0 Å². The highest BCUT2D eigenvalue weighted by molar-refractivity contribution is 5.04. The van der Waals surface area contributed by atoms with E-state index in [4.69, 9.17) is 9.47 Å². The van der Waals surface area contributed by atoms with Crippen LogP contribution in [0.1, 0.15) is 106 Å². The Morgan fingerprint density at radius 2 is 1.46 bits per heavy atom.